The number of urea groups is 1. The first-order chi connectivity index (χ1) is 12.0. The SMILES string of the molecule is CCC(NC(=O)N(C)CCc1ccc(F)cc1)c1ccc(OC)cc1. The fraction of sp³-hybridized carbons (Fsp3) is 0.350. The van der Waals surface area contributed by atoms with Gasteiger partial charge in [-0.15, -0.1) is 0 Å². The lowest BCUT2D eigenvalue weighted by atomic mass is 10.0. The van der Waals surface area contributed by atoms with E-state index in [0.29, 0.717) is 13.0 Å². The minimum atomic E-state index is -0.250. The van der Waals surface area contributed by atoms with Crippen LogP contribution in [0.1, 0.15) is 30.5 Å². The number of hydrogen-bond acceptors (Lipinski definition) is 2. The Morgan fingerprint density at radius 3 is 2.36 bits per heavy atom. The molecule has 2 aromatic carbocycles. The van der Waals surface area contributed by atoms with E-state index in [2.05, 4.69) is 5.32 Å². The van der Waals surface area contributed by atoms with Crippen LogP contribution in [0.25, 0.3) is 0 Å². The van der Waals surface area contributed by atoms with Gasteiger partial charge in [0.1, 0.15) is 11.6 Å². The molecular formula is C20H25FN2O2. The fourth-order valence-electron chi connectivity index (χ4n) is 2.57. The topological polar surface area (TPSA) is 41.6 Å². The van der Waals surface area contributed by atoms with Crippen molar-refractivity contribution in [3.05, 3.63) is 65.5 Å². The van der Waals surface area contributed by atoms with Crippen LogP contribution in [0.3, 0.4) is 0 Å². The van der Waals surface area contributed by atoms with Gasteiger partial charge in [0.05, 0.1) is 13.2 Å². The number of halogens is 1. The van der Waals surface area contributed by atoms with Gasteiger partial charge in [-0.2, -0.15) is 0 Å². The van der Waals surface area contributed by atoms with Crippen molar-refractivity contribution in [2.24, 2.45) is 0 Å². The molecule has 0 heterocycles. The van der Waals surface area contributed by atoms with E-state index < -0.39 is 0 Å². The average molecular weight is 344 g/mol. The minimum absolute atomic E-state index is 0.0494. The van der Waals surface area contributed by atoms with Crippen LogP contribution in [-0.4, -0.2) is 31.6 Å². The summed E-state index contributed by atoms with van der Waals surface area (Å²) in [6.45, 7) is 2.60. The fourth-order valence-corrected chi connectivity index (χ4v) is 2.57. The Labute approximate surface area is 148 Å². The lowest BCUT2D eigenvalue weighted by Gasteiger charge is -2.23. The lowest BCUT2D eigenvalue weighted by molar-refractivity contribution is 0.204. The maximum atomic E-state index is 12.9. The number of ether oxygens (including phenoxy) is 1. The molecule has 1 N–H and O–H groups in total. The highest BCUT2D eigenvalue weighted by Crippen LogP contribution is 2.20. The van der Waals surface area contributed by atoms with Crippen molar-refractivity contribution in [1.82, 2.24) is 10.2 Å². The maximum absolute atomic E-state index is 12.9. The Bertz CT molecular complexity index is 671. The largest absolute Gasteiger partial charge is 0.497 e. The summed E-state index contributed by atoms with van der Waals surface area (Å²) in [4.78, 5) is 14.1. The summed E-state index contributed by atoms with van der Waals surface area (Å²) < 4.78 is 18.1. The summed E-state index contributed by atoms with van der Waals surface area (Å²) in [5.74, 6) is 0.543. The second-order valence-electron chi connectivity index (χ2n) is 5.98. The molecule has 4 nitrogen and oxygen atoms in total. The van der Waals surface area contributed by atoms with Gasteiger partial charge < -0.3 is 15.0 Å². The van der Waals surface area contributed by atoms with E-state index in [4.69, 9.17) is 4.74 Å². The standard InChI is InChI=1S/C20H25FN2O2/c1-4-19(16-7-11-18(25-3)12-8-16)22-20(24)23(2)14-13-15-5-9-17(21)10-6-15/h5-12,19H,4,13-14H2,1-3H3,(H,22,24). The number of hydrogen-bond donors (Lipinski definition) is 1. The molecule has 0 spiro atoms. The molecule has 5 heteroatoms. The van der Waals surface area contributed by atoms with Gasteiger partial charge in [0.15, 0.2) is 0 Å². The van der Waals surface area contributed by atoms with Gasteiger partial charge in [0, 0.05) is 13.6 Å². The van der Waals surface area contributed by atoms with Crippen LogP contribution in [0.5, 0.6) is 5.75 Å². The molecule has 134 valence electrons. The quantitative estimate of drug-likeness (QED) is 0.819. The van der Waals surface area contributed by atoms with E-state index in [1.54, 1.807) is 31.2 Å². The molecule has 1 unspecified atom stereocenters. The summed E-state index contributed by atoms with van der Waals surface area (Å²) in [6.07, 6.45) is 1.48. The first-order valence-electron chi connectivity index (χ1n) is 8.43. The molecule has 0 radical (unpaired) electrons. The zero-order chi connectivity index (χ0) is 18.2. The number of nitrogens with zero attached hydrogens (tertiary/aromatic N) is 1. The van der Waals surface area contributed by atoms with E-state index in [1.165, 1.54) is 12.1 Å². The number of amides is 2. The third kappa shape index (κ3) is 5.48. The number of nitrogens with one attached hydrogen (secondary N) is 1. The van der Waals surface area contributed by atoms with Crippen LogP contribution < -0.4 is 10.1 Å². The van der Waals surface area contributed by atoms with E-state index in [9.17, 15) is 9.18 Å². The maximum Gasteiger partial charge on any atom is 0.317 e. The molecule has 25 heavy (non-hydrogen) atoms. The molecular weight excluding hydrogens is 319 g/mol. The Balaban J connectivity index is 1.90. The van der Waals surface area contributed by atoms with Crippen molar-refractivity contribution in [2.45, 2.75) is 25.8 Å². The molecule has 0 bridgehead atoms. The van der Waals surface area contributed by atoms with Gasteiger partial charge in [-0.05, 0) is 48.2 Å². The first kappa shape index (κ1) is 18.8. The Morgan fingerprint density at radius 1 is 1.16 bits per heavy atom. The predicted molar refractivity (Wildman–Crippen MR) is 97.3 cm³/mol. The molecule has 0 fully saturated rings. The molecule has 0 saturated carbocycles. The summed E-state index contributed by atoms with van der Waals surface area (Å²) >= 11 is 0. The number of carbonyl (C=O) groups excluding carboxylic acids is 1. The number of carbonyl (C=O) groups is 1. The van der Waals surface area contributed by atoms with E-state index in [0.717, 1.165) is 23.3 Å². The van der Waals surface area contributed by atoms with Crippen molar-refractivity contribution >= 4 is 6.03 Å². The van der Waals surface area contributed by atoms with Crippen LogP contribution >= 0.6 is 0 Å². The van der Waals surface area contributed by atoms with Crippen molar-refractivity contribution < 1.29 is 13.9 Å². The van der Waals surface area contributed by atoms with Gasteiger partial charge in [0.25, 0.3) is 0 Å². The minimum Gasteiger partial charge on any atom is -0.497 e. The predicted octanol–water partition coefficient (Wildman–Crippen LogP) is 4.17. The van der Waals surface area contributed by atoms with Crippen LogP contribution in [0.15, 0.2) is 48.5 Å². The number of benzene rings is 2. The van der Waals surface area contributed by atoms with Gasteiger partial charge >= 0.3 is 6.03 Å². The monoisotopic (exact) mass is 344 g/mol. The second kappa shape index (κ2) is 9.06. The summed E-state index contributed by atoms with van der Waals surface area (Å²) in [7, 11) is 3.39. The summed E-state index contributed by atoms with van der Waals surface area (Å²) in [5.41, 5.74) is 2.05. The molecule has 0 aliphatic heterocycles. The zero-order valence-corrected chi connectivity index (χ0v) is 15.0. The van der Waals surface area contributed by atoms with Crippen molar-refractivity contribution in [2.75, 3.05) is 20.7 Å². The second-order valence-corrected chi connectivity index (χ2v) is 5.98. The van der Waals surface area contributed by atoms with Crippen LogP contribution in [0, 0.1) is 5.82 Å². The van der Waals surface area contributed by atoms with Crippen molar-refractivity contribution in [3.8, 4) is 5.75 Å². The highest BCUT2D eigenvalue weighted by Gasteiger charge is 2.15. The summed E-state index contributed by atoms with van der Waals surface area (Å²) in [6, 6.07) is 13.9. The normalized spacial score (nSPS) is 11.7. The number of methoxy groups -OCH3 is 1. The number of rotatable bonds is 7. The van der Waals surface area contributed by atoms with Crippen molar-refractivity contribution in [3.63, 3.8) is 0 Å². The Morgan fingerprint density at radius 2 is 1.80 bits per heavy atom. The molecule has 2 aromatic rings. The van der Waals surface area contributed by atoms with Gasteiger partial charge in [0.2, 0.25) is 0 Å². The Kier molecular flexibility index (Phi) is 6.81. The highest BCUT2D eigenvalue weighted by atomic mass is 19.1. The molecule has 1 atom stereocenters. The molecule has 2 amide bonds. The van der Waals surface area contributed by atoms with E-state index in [-0.39, 0.29) is 17.9 Å². The van der Waals surface area contributed by atoms with Crippen LogP contribution in [0.2, 0.25) is 0 Å². The zero-order valence-electron chi connectivity index (χ0n) is 15.0. The molecule has 0 aromatic heterocycles. The highest BCUT2D eigenvalue weighted by molar-refractivity contribution is 5.74. The van der Waals surface area contributed by atoms with E-state index >= 15 is 0 Å². The average Bonchev–Trinajstić information content (AvgIpc) is 2.65. The summed E-state index contributed by atoms with van der Waals surface area (Å²) in [5, 5.41) is 3.05. The van der Waals surface area contributed by atoms with Gasteiger partial charge in [-0.3, -0.25) is 0 Å². The van der Waals surface area contributed by atoms with Crippen LogP contribution in [-0.2, 0) is 6.42 Å². The number of likely N-dealkylation sites (N-methyl/N-ethyl adjacent to an activating group) is 1. The van der Waals surface area contributed by atoms with E-state index in [1.807, 2.05) is 31.2 Å². The van der Waals surface area contributed by atoms with Crippen LogP contribution in [0.4, 0.5) is 9.18 Å². The molecule has 0 aliphatic rings. The van der Waals surface area contributed by atoms with Crippen molar-refractivity contribution in [1.29, 1.82) is 0 Å². The smallest absolute Gasteiger partial charge is 0.317 e. The molecule has 2 rings (SSSR count). The first-order valence-corrected chi connectivity index (χ1v) is 8.43. The van der Waals surface area contributed by atoms with Gasteiger partial charge in [-0.1, -0.05) is 31.2 Å². The third-order valence-electron chi connectivity index (χ3n) is 4.22. The molecule has 0 aliphatic carbocycles. The third-order valence-corrected chi connectivity index (χ3v) is 4.22. The lowest BCUT2D eigenvalue weighted by Crippen LogP contribution is -2.40. The van der Waals surface area contributed by atoms with Gasteiger partial charge in [-0.25, -0.2) is 9.18 Å². The molecule has 0 saturated heterocycles. The Hall–Kier alpha value is -2.56.